The Morgan fingerprint density at radius 2 is 1.12 bits per heavy atom. The third-order valence-electron chi connectivity index (χ3n) is 22.0. The number of rotatable bonds is 20. The lowest BCUT2D eigenvalue weighted by atomic mass is 9.40. The number of amides is 2. The van der Waals surface area contributed by atoms with Gasteiger partial charge in [-0.25, -0.2) is 0 Å². The number of hydrogen-bond donors (Lipinski definition) is 17. The third kappa shape index (κ3) is 13.4. The van der Waals surface area contributed by atoms with Crippen LogP contribution in [0.3, 0.4) is 0 Å². The fraction of sp³-hybridized carbons (Fsp3) is 0.887. The summed E-state index contributed by atoms with van der Waals surface area (Å²) in [5.41, 5.74) is -3.71. The van der Waals surface area contributed by atoms with Crippen LogP contribution < -0.4 is 10.6 Å². The molecule has 526 valence electrons. The molecule has 8 fully saturated rings. The molecule has 4 aliphatic carbocycles. The number of fused-ring (bicyclic) bond motifs is 5. The highest BCUT2D eigenvalue weighted by molar-refractivity contribution is 5.90. The van der Waals surface area contributed by atoms with Crippen LogP contribution in [0.5, 0.6) is 0 Å². The smallest absolute Gasteiger partial charge is 0.217 e. The molecule has 0 unspecified atom stereocenters. The summed E-state index contributed by atoms with van der Waals surface area (Å²) in [6.07, 6.45) is -33.3. The van der Waals surface area contributed by atoms with Crippen LogP contribution in [0.1, 0.15) is 114 Å². The number of allylic oxidation sites excluding steroid dienone is 3. The number of aliphatic hydroxyl groups excluding tert-OH is 13. The maximum absolute atomic E-state index is 13.5. The SMILES string of the molecule is CC(=O)N[C@H]1[C@H](O[C@@H]2CO[C@@H](O[C@H]3CC[C@]4(C)C5=CC[C@]6(C)[C@@H]([C@H](C)CC(=O)C=C(C)C)CC[C@H]6[C@]5(O)CC[C@]4(O)C3(C)C)[C@H](O[C@@H]3O[C@H](CO[C@@H]4O[C@H](CO)[C@@H](O)[C@H](O)[C@H]4O[C@@H]4O[C@H](CO)[C@@H](O)[C@H](O)[C@H]4O)[C@@H](O)[C@H](O)[C@H]3NC(C)=O)[C@H]2O)O[C@H](CO)[C@H](O)[C@@H]1O. The number of ketones is 1. The molecule has 32 atom stereocenters. The van der Waals surface area contributed by atoms with Gasteiger partial charge in [-0.3, -0.25) is 14.4 Å². The molecule has 0 aromatic heterocycles. The van der Waals surface area contributed by atoms with Crippen LogP contribution in [-0.2, 0) is 61.8 Å². The van der Waals surface area contributed by atoms with Crippen molar-refractivity contribution in [1.82, 2.24) is 10.6 Å². The lowest BCUT2D eigenvalue weighted by Gasteiger charge is -2.68. The molecule has 92 heavy (non-hydrogen) atoms. The third-order valence-corrected chi connectivity index (χ3v) is 22.0. The van der Waals surface area contributed by atoms with Gasteiger partial charge in [-0.05, 0) is 93.6 Å². The van der Waals surface area contributed by atoms with Gasteiger partial charge >= 0.3 is 0 Å². The maximum Gasteiger partial charge on any atom is 0.217 e. The van der Waals surface area contributed by atoms with E-state index in [0.29, 0.717) is 19.3 Å². The van der Waals surface area contributed by atoms with E-state index in [0.717, 1.165) is 37.8 Å². The van der Waals surface area contributed by atoms with E-state index in [-0.39, 0.29) is 48.2 Å². The molecule has 5 saturated heterocycles. The maximum atomic E-state index is 13.5. The topological polar surface area (TPSA) is 471 Å². The van der Waals surface area contributed by atoms with Crippen molar-refractivity contribution in [2.24, 2.45) is 34.0 Å². The Hall–Kier alpha value is -2.91. The lowest BCUT2D eigenvalue weighted by molar-refractivity contribution is -0.381. The van der Waals surface area contributed by atoms with Crippen molar-refractivity contribution in [3.63, 3.8) is 0 Å². The van der Waals surface area contributed by atoms with E-state index in [2.05, 4.69) is 30.6 Å². The first-order valence-electron chi connectivity index (χ1n) is 32.1. The zero-order valence-electron chi connectivity index (χ0n) is 53.5. The molecule has 9 aliphatic rings. The molecule has 3 saturated carbocycles. The van der Waals surface area contributed by atoms with Gasteiger partial charge in [0.15, 0.2) is 37.2 Å². The lowest BCUT2D eigenvalue weighted by Crippen LogP contribution is -2.72. The van der Waals surface area contributed by atoms with E-state index >= 15 is 0 Å². The summed E-state index contributed by atoms with van der Waals surface area (Å²) >= 11 is 0. The van der Waals surface area contributed by atoms with Gasteiger partial charge in [-0.15, -0.1) is 0 Å². The average Bonchev–Trinajstić information content (AvgIpc) is 1.05. The number of nitrogens with one attached hydrogen (secondary N) is 2. The predicted octanol–water partition coefficient (Wildman–Crippen LogP) is -4.60. The van der Waals surface area contributed by atoms with E-state index in [1.165, 1.54) is 0 Å². The van der Waals surface area contributed by atoms with Crippen molar-refractivity contribution in [3.05, 3.63) is 23.3 Å². The normalized spacial score (nSPS) is 48.8. The summed E-state index contributed by atoms with van der Waals surface area (Å²) in [6.45, 7) is 12.0. The first-order valence-corrected chi connectivity index (χ1v) is 32.1. The Bertz CT molecular complexity index is 2630. The van der Waals surface area contributed by atoms with Crippen LogP contribution >= 0.6 is 0 Å². The minimum absolute atomic E-state index is 0.0567. The van der Waals surface area contributed by atoms with Gasteiger partial charge in [0.1, 0.15) is 116 Å². The van der Waals surface area contributed by atoms with Gasteiger partial charge in [-0.2, -0.15) is 0 Å². The summed E-state index contributed by atoms with van der Waals surface area (Å²) in [4.78, 5) is 38.5. The second-order valence-electron chi connectivity index (χ2n) is 28.4. The quantitative estimate of drug-likeness (QED) is 0.0310. The van der Waals surface area contributed by atoms with Crippen LogP contribution in [-0.4, -0.2) is 292 Å². The minimum Gasteiger partial charge on any atom is -0.394 e. The van der Waals surface area contributed by atoms with Crippen LogP contribution in [0.4, 0.5) is 0 Å². The minimum atomic E-state index is -2.01. The zero-order valence-corrected chi connectivity index (χ0v) is 53.5. The Kier molecular flexibility index (Phi) is 22.7. The van der Waals surface area contributed by atoms with E-state index in [1.54, 1.807) is 6.08 Å². The summed E-state index contributed by atoms with van der Waals surface area (Å²) in [5.74, 6) is -1.33. The highest BCUT2D eigenvalue weighted by Crippen LogP contribution is 2.71. The van der Waals surface area contributed by atoms with Crippen LogP contribution in [0.25, 0.3) is 0 Å². The number of ether oxygens (including phenoxy) is 10. The van der Waals surface area contributed by atoms with Crippen molar-refractivity contribution in [3.8, 4) is 0 Å². The molecule has 0 spiro atoms. The Morgan fingerprint density at radius 3 is 1.71 bits per heavy atom. The molecule has 2 amide bonds. The van der Waals surface area contributed by atoms with E-state index < -0.39 is 220 Å². The van der Waals surface area contributed by atoms with Gasteiger partial charge in [-0.1, -0.05) is 46.3 Å². The van der Waals surface area contributed by atoms with Gasteiger partial charge in [0.2, 0.25) is 11.8 Å². The van der Waals surface area contributed by atoms with Crippen molar-refractivity contribution in [2.75, 3.05) is 33.0 Å². The number of carbonyl (C=O) groups excluding carboxylic acids is 3. The average molecular weight is 1320 g/mol. The second-order valence-corrected chi connectivity index (χ2v) is 28.4. The molecular formula is C62H100N2O28. The molecule has 5 heterocycles. The molecule has 0 aromatic rings. The molecule has 9 rings (SSSR count). The molecule has 0 bridgehead atoms. The number of hydrogen-bond acceptors (Lipinski definition) is 28. The number of aliphatic hydroxyl groups is 15. The fourth-order valence-corrected chi connectivity index (χ4v) is 17.0. The number of carbonyl (C=O) groups is 3. The van der Waals surface area contributed by atoms with Crippen molar-refractivity contribution >= 4 is 17.6 Å². The highest BCUT2D eigenvalue weighted by atomic mass is 16.8. The molecule has 17 N–H and O–H groups in total. The van der Waals surface area contributed by atoms with E-state index in [1.807, 2.05) is 34.6 Å². The van der Waals surface area contributed by atoms with E-state index in [9.17, 15) is 91.0 Å². The predicted molar refractivity (Wildman–Crippen MR) is 312 cm³/mol. The van der Waals surface area contributed by atoms with Crippen LogP contribution in [0.15, 0.2) is 23.3 Å². The Labute approximate surface area is 533 Å². The van der Waals surface area contributed by atoms with Crippen molar-refractivity contribution in [1.29, 1.82) is 0 Å². The molecule has 5 aliphatic heterocycles. The summed E-state index contributed by atoms with van der Waals surface area (Å²) in [6, 6.07) is -3.19. The molecular weight excluding hydrogens is 1220 g/mol. The first-order chi connectivity index (χ1) is 43.1. The van der Waals surface area contributed by atoms with Gasteiger partial charge in [0, 0.05) is 31.1 Å². The molecule has 30 nitrogen and oxygen atoms in total. The molecule has 0 aromatic carbocycles. The Balaban J connectivity index is 1.00. The molecule has 30 heteroatoms. The van der Waals surface area contributed by atoms with Crippen LogP contribution in [0, 0.1) is 34.0 Å². The second kappa shape index (κ2) is 28.5. The van der Waals surface area contributed by atoms with Crippen LogP contribution in [0.2, 0.25) is 0 Å². The Morgan fingerprint density at radius 1 is 0.598 bits per heavy atom. The highest BCUT2D eigenvalue weighted by Gasteiger charge is 2.72. The standard InChI is InChI=1S/C62H100N2O28/c1-25(2)18-29(70)19-26(3)30-10-11-36-59(30,8)14-12-37-60(9)15-13-38(58(6,7)62(60,82)17-16-61(36,37)81)90-57-51(45(75)35(24-84-57)89-53-39(63-27(4)68)46(76)41(71)31(20-65)85-53)91-54-40(64-28(5)69)47(77)44(74)34(88-54)23-83-56-52(49(79)43(73)33(22-67)87-56)92-55-50(80)48(78)42(72)32(21-66)86-55/h12,18,26,30-36,38-57,65-67,71-82H,10-11,13-17,19-24H2,1-9H3,(H,63,68)(H,64,69)/t26-,30-,31-,32-,33-,34-,35-,36-,38+,39-,40-,41+,42-,43-,44-,45+,46-,47-,48+,49+,50-,51-,52-,53+,54+,55+,56-,57+,59-,60-,61-,62+/m1/s1. The van der Waals surface area contributed by atoms with E-state index in [4.69, 9.17) is 47.4 Å². The summed E-state index contributed by atoms with van der Waals surface area (Å²) < 4.78 is 61.4. The van der Waals surface area contributed by atoms with Crippen molar-refractivity contribution < 1.29 is 138 Å². The fourth-order valence-electron chi connectivity index (χ4n) is 17.0. The van der Waals surface area contributed by atoms with Crippen molar-refractivity contribution in [2.45, 2.75) is 278 Å². The van der Waals surface area contributed by atoms with Gasteiger partial charge < -0.3 is 135 Å². The monoisotopic (exact) mass is 1320 g/mol. The van der Waals surface area contributed by atoms with Gasteiger partial charge in [0.05, 0.1) is 50.3 Å². The zero-order chi connectivity index (χ0) is 67.6. The van der Waals surface area contributed by atoms with Gasteiger partial charge in [0.25, 0.3) is 0 Å². The molecule has 0 radical (unpaired) electrons. The summed E-state index contributed by atoms with van der Waals surface area (Å²) in [5, 5.41) is 174. The first kappa shape index (κ1) is 73.3. The largest absolute Gasteiger partial charge is 0.394 e. The summed E-state index contributed by atoms with van der Waals surface area (Å²) in [7, 11) is 0.